The van der Waals surface area contributed by atoms with Crippen molar-refractivity contribution < 1.29 is 0 Å². The lowest BCUT2D eigenvalue weighted by atomic mass is 10.3. The largest absolute Gasteiger partial charge is 0.317 e. The van der Waals surface area contributed by atoms with Crippen molar-refractivity contribution in [2.75, 3.05) is 53.4 Å². The SMILES string of the molecule is CCNCCCNC1CC1N(C)CCCN(C)CC. The summed E-state index contributed by atoms with van der Waals surface area (Å²) in [6.45, 7) is 11.4. The van der Waals surface area contributed by atoms with Gasteiger partial charge in [-0.15, -0.1) is 0 Å². The minimum absolute atomic E-state index is 0.746. The Morgan fingerprint density at radius 1 is 1.05 bits per heavy atom. The van der Waals surface area contributed by atoms with E-state index in [1.165, 1.54) is 32.4 Å². The van der Waals surface area contributed by atoms with Crippen LogP contribution in [0.5, 0.6) is 0 Å². The van der Waals surface area contributed by atoms with Gasteiger partial charge in [0.25, 0.3) is 0 Å². The summed E-state index contributed by atoms with van der Waals surface area (Å²) in [5.41, 5.74) is 0. The molecule has 0 aromatic carbocycles. The van der Waals surface area contributed by atoms with E-state index in [1.807, 2.05) is 0 Å². The third kappa shape index (κ3) is 7.25. The lowest BCUT2D eigenvalue weighted by Gasteiger charge is -2.19. The lowest BCUT2D eigenvalue weighted by Crippen LogP contribution is -2.32. The summed E-state index contributed by atoms with van der Waals surface area (Å²) < 4.78 is 0. The third-order valence-electron chi connectivity index (χ3n) is 4.10. The average Bonchev–Trinajstić information content (AvgIpc) is 3.17. The zero-order chi connectivity index (χ0) is 14.1. The number of rotatable bonds is 12. The fourth-order valence-electron chi connectivity index (χ4n) is 2.48. The van der Waals surface area contributed by atoms with Crippen LogP contribution in [0.15, 0.2) is 0 Å². The van der Waals surface area contributed by atoms with Gasteiger partial charge in [-0.05, 0) is 72.6 Å². The monoisotopic (exact) mass is 270 g/mol. The molecule has 2 unspecified atom stereocenters. The van der Waals surface area contributed by atoms with Crippen LogP contribution in [0.4, 0.5) is 0 Å². The van der Waals surface area contributed by atoms with Crippen LogP contribution in [-0.2, 0) is 0 Å². The predicted molar refractivity (Wildman–Crippen MR) is 83.8 cm³/mol. The fraction of sp³-hybridized carbons (Fsp3) is 1.00. The van der Waals surface area contributed by atoms with Crippen LogP contribution < -0.4 is 10.6 Å². The molecule has 19 heavy (non-hydrogen) atoms. The van der Waals surface area contributed by atoms with E-state index in [0.29, 0.717) is 0 Å². The Morgan fingerprint density at radius 2 is 1.84 bits per heavy atom. The Morgan fingerprint density at radius 3 is 2.53 bits per heavy atom. The molecule has 0 aromatic heterocycles. The molecule has 1 aliphatic carbocycles. The van der Waals surface area contributed by atoms with Crippen LogP contribution in [0.2, 0.25) is 0 Å². The number of nitrogens with zero attached hydrogens (tertiary/aromatic N) is 2. The maximum Gasteiger partial charge on any atom is 0.0262 e. The Balaban J connectivity index is 1.96. The summed E-state index contributed by atoms with van der Waals surface area (Å²) in [5.74, 6) is 0. The summed E-state index contributed by atoms with van der Waals surface area (Å²) in [7, 11) is 4.47. The van der Waals surface area contributed by atoms with Crippen molar-refractivity contribution in [1.82, 2.24) is 20.4 Å². The minimum atomic E-state index is 0.746. The van der Waals surface area contributed by atoms with E-state index >= 15 is 0 Å². The van der Waals surface area contributed by atoms with Gasteiger partial charge in [0.05, 0.1) is 0 Å². The van der Waals surface area contributed by atoms with E-state index < -0.39 is 0 Å². The molecule has 1 rings (SSSR count). The van der Waals surface area contributed by atoms with Crippen LogP contribution in [0.1, 0.15) is 33.1 Å². The van der Waals surface area contributed by atoms with Crippen LogP contribution in [0.3, 0.4) is 0 Å². The van der Waals surface area contributed by atoms with Crippen LogP contribution >= 0.6 is 0 Å². The molecular formula is C15H34N4. The van der Waals surface area contributed by atoms with Crippen LogP contribution in [-0.4, -0.2) is 75.2 Å². The van der Waals surface area contributed by atoms with Gasteiger partial charge >= 0.3 is 0 Å². The standard InChI is InChI=1S/C15H34N4/c1-5-16-9-7-10-17-14-13-15(14)19(4)12-8-11-18(3)6-2/h14-17H,5-13H2,1-4H3. The topological polar surface area (TPSA) is 30.5 Å². The predicted octanol–water partition coefficient (Wildman–Crippen LogP) is 0.990. The van der Waals surface area contributed by atoms with Crippen LogP contribution in [0.25, 0.3) is 0 Å². The first-order valence-corrected chi connectivity index (χ1v) is 8.01. The van der Waals surface area contributed by atoms with E-state index in [9.17, 15) is 0 Å². The van der Waals surface area contributed by atoms with Crippen molar-refractivity contribution in [2.24, 2.45) is 0 Å². The Bertz CT molecular complexity index is 222. The van der Waals surface area contributed by atoms with Crippen LogP contribution in [0, 0.1) is 0 Å². The minimum Gasteiger partial charge on any atom is -0.317 e. The molecule has 4 nitrogen and oxygen atoms in total. The van der Waals surface area contributed by atoms with Crippen molar-refractivity contribution >= 4 is 0 Å². The molecule has 2 N–H and O–H groups in total. The van der Waals surface area contributed by atoms with Gasteiger partial charge in [0, 0.05) is 12.1 Å². The number of hydrogen-bond acceptors (Lipinski definition) is 4. The van der Waals surface area contributed by atoms with Crippen molar-refractivity contribution in [3.63, 3.8) is 0 Å². The molecule has 0 saturated heterocycles. The Labute approximate surface area is 119 Å². The molecule has 0 spiro atoms. The second kappa shape index (κ2) is 9.70. The normalized spacial score (nSPS) is 22.4. The highest BCUT2D eigenvalue weighted by molar-refractivity contribution is 5.00. The van der Waals surface area contributed by atoms with E-state index in [-0.39, 0.29) is 0 Å². The highest BCUT2D eigenvalue weighted by Crippen LogP contribution is 2.26. The fourth-order valence-corrected chi connectivity index (χ4v) is 2.48. The Kier molecular flexibility index (Phi) is 8.62. The van der Waals surface area contributed by atoms with E-state index in [2.05, 4.69) is 48.4 Å². The zero-order valence-electron chi connectivity index (χ0n) is 13.4. The second-order valence-electron chi connectivity index (χ2n) is 5.80. The van der Waals surface area contributed by atoms with Gasteiger partial charge in [0.1, 0.15) is 0 Å². The van der Waals surface area contributed by atoms with Gasteiger partial charge in [0.2, 0.25) is 0 Å². The smallest absolute Gasteiger partial charge is 0.0262 e. The summed E-state index contributed by atoms with van der Waals surface area (Å²) >= 11 is 0. The van der Waals surface area contributed by atoms with Gasteiger partial charge in [-0.2, -0.15) is 0 Å². The van der Waals surface area contributed by atoms with Crippen molar-refractivity contribution in [3.05, 3.63) is 0 Å². The van der Waals surface area contributed by atoms with Gasteiger partial charge in [0.15, 0.2) is 0 Å². The van der Waals surface area contributed by atoms with Gasteiger partial charge < -0.3 is 20.4 Å². The number of hydrogen-bond donors (Lipinski definition) is 2. The summed E-state index contributed by atoms with van der Waals surface area (Å²) in [6, 6.07) is 1.53. The van der Waals surface area contributed by atoms with Gasteiger partial charge in [-0.1, -0.05) is 13.8 Å². The first kappa shape index (κ1) is 16.9. The molecule has 0 heterocycles. The first-order chi connectivity index (χ1) is 9.19. The average molecular weight is 270 g/mol. The summed E-state index contributed by atoms with van der Waals surface area (Å²) in [6.07, 6.45) is 3.86. The third-order valence-corrected chi connectivity index (χ3v) is 4.10. The summed E-state index contributed by atoms with van der Waals surface area (Å²) in [5, 5.41) is 7.03. The van der Waals surface area contributed by atoms with Crippen molar-refractivity contribution in [1.29, 1.82) is 0 Å². The Hall–Kier alpha value is -0.160. The van der Waals surface area contributed by atoms with E-state index in [4.69, 9.17) is 0 Å². The molecule has 0 aliphatic heterocycles. The zero-order valence-corrected chi connectivity index (χ0v) is 13.4. The molecular weight excluding hydrogens is 236 g/mol. The number of nitrogens with one attached hydrogen (secondary N) is 2. The van der Waals surface area contributed by atoms with Gasteiger partial charge in [-0.25, -0.2) is 0 Å². The molecule has 1 fully saturated rings. The molecule has 1 saturated carbocycles. The molecule has 0 amide bonds. The molecule has 2 atom stereocenters. The molecule has 1 aliphatic rings. The molecule has 0 bridgehead atoms. The second-order valence-corrected chi connectivity index (χ2v) is 5.80. The first-order valence-electron chi connectivity index (χ1n) is 8.01. The number of likely N-dealkylation sites (N-methyl/N-ethyl adjacent to an activating group) is 1. The molecule has 0 aromatic rings. The van der Waals surface area contributed by atoms with E-state index in [1.54, 1.807) is 0 Å². The van der Waals surface area contributed by atoms with Crippen molar-refractivity contribution in [3.8, 4) is 0 Å². The molecule has 4 heteroatoms. The lowest BCUT2D eigenvalue weighted by molar-refractivity contribution is 0.273. The van der Waals surface area contributed by atoms with Crippen molar-refractivity contribution in [2.45, 2.75) is 45.2 Å². The molecule has 0 radical (unpaired) electrons. The summed E-state index contributed by atoms with van der Waals surface area (Å²) in [4.78, 5) is 4.92. The maximum atomic E-state index is 3.66. The highest BCUT2D eigenvalue weighted by Gasteiger charge is 2.39. The maximum absolute atomic E-state index is 3.66. The van der Waals surface area contributed by atoms with E-state index in [0.717, 1.165) is 38.3 Å². The van der Waals surface area contributed by atoms with Gasteiger partial charge in [-0.3, -0.25) is 0 Å². The highest BCUT2D eigenvalue weighted by atomic mass is 15.2. The quantitative estimate of drug-likeness (QED) is 0.518. The molecule has 114 valence electrons.